The number of hydrogen-bond acceptors (Lipinski definition) is 8. The molecule has 1 atom stereocenters. The number of nitro groups is 1. The Labute approximate surface area is 258 Å². The summed E-state index contributed by atoms with van der Waals surface area (Å²) in [4.78, 5) is 45.5. The van der Waals surface area contributed by atoms with Crippen molar-refractivity contribution in [3.8, 4) is 11.5 Å². The van der Waals surface area contributed by atoms with E-state index in [0.717, 1.165) is 5.56 Å². The number of non-ortho nitro benzene ring substituents is 1. The lowest BCUT2D eigenvalue weighted by molar-refractivity contribution is -0.384. The minimum Gasteiger partial charge on any atom is -0.496 e. The number of amides is 1. The van der Waals surface area contributed by atoms with Gasteiger partial charge in [0.1, 0.15) is 24.1 Å². The molecule has 1 aliphatic rings. The first-order valence-corrected chi connectivity index (χ1v) is 15.0. The second-order valence-electron chi connectivity index (χ2n) is 10.1. The van der Waals surface area contributed by atoms with Gasteiger partial charge in [0.25, 0.3) is 17.2 Å². The van der Waals surface area contributed by atoms with E-state index in [4.69, 9.17) is 14.5 Å². The van der Waals surface area contributed by atoms with Gasteiger partial charge in [0.2, 0.25) is 0 Å². The molecule has 4 aromatic rings. The van der Waals surface area contributed by atoms with Gasteiger partial charge in [0, 0.05) is 36.3 Å². The largest absolute Gasteiger partial charge is 0.496 e. The van der Waals surface area contributed by atoms with E-state index in [9.17, 15) is 19.7 Å². The van der Waals surface area contributed by atoms with Crippen LogP contribution in [0.5, 0.6) is 11.5 Å². The molecule has 10 nitrogen and oxygen atoms in total. The van der Waals surface area contributed by atoms with Crippen LogP contribution < -0.4 is 24.4 Å². The van der Waals surface area contributed by atoms with Crippen molar-refractivity contribution in [2.45, 2.75) is 33.4 Å². The predicted molar refractivity (Wildman–Crippen MR) is 169 cm³/mol. The molecule has 0 bridgehead atoms. The van der Waals surface area contributed by atoms with E-state index in [1.54, 1.807) is 47.8 Å². The van der Waals surface area contributed by atoms with Gasteiger partial charge >= 0.3 is 0 Å². The standard InChI is InChI=1S/C33H32N4O6S/c1-5-35(6-2)32(39)29-21(3)34-33-36(30(29)25-12-8-10-14-27(25)42-4)31(38)28(44-33)19-23-11-7-9-13-26(23)43-20-22-15-17-24(18-16-22)37(40)41/h7-19,30H,5-6,20H2,1-4H3/b28-19+/t30-/m0/s1. The van der Waals surface area contributed by atoms with E-state index in [2.05, 4.69) is 0 Å². The van der Waals surface area contributed by atoms with Gasteiger partial charge in [0.05, 0.1) is 27.8 Å². The van der Waals surface area contributed by atoms with Crippen molar-refractivity contribution in [3.63, 3.8) is 0 Å². The molecule has 0 fully saturated rings. The Morgan fingerprint density at radius 2 is 1.70 bits per heavy atom. The Balaban J connectivity index is 1.59. The number of carbonyl (C=O) groups excluding carboxylic acids is 1. The molecule has 2 heterocycles. The summed E-state index contributed by atoms with van der Waals surface area (Å²) in [6.07, 6.45) is 1.76. The number of nitro benzene ring substituents is 1. The molecule has 1 amide bonds. The van der Waals surface area contributed by atoms with Crippen molar-refractivity contribution >= 4 is 29.0 Å². The number of hydrogen-bond donors (Lipinski definition) is 0. The molecule has 44 heavy (non-hydrogen) atoms. The molecule has 11 heteroatoms. The Morgan fingerprint density at radius 1 is 1.05 bits per heavy atom. The molecular weight excluding hydrogens is 580 g/mol. The summed E-state index contributed by atoms with van der Waals surface area (Å²) in [5, 5.41) is 11.0. The highest BCUT2D eigenvalue weighted by atomic mass is 32.1. The monoisotopic (exact) mass is 612 g/mol. The zero-order chi connectivity index (χ0) is 31.4. The van der Waals surface area contributed by atoms with Gasteiger partial charge in [-0.15, -0.1) is 0 Å². The number of nitrogens with zero attached hydrogens (tertiary/aromatic N) is 4. The maximum atomic E-state index is 14.2. The fraction of sp³-hybridized carbons (Fsp3) is 0.242. The van der Waals surface area contributed by atoms with Crippen LogP contribution in [-0.4, -0.2) is 40.5 Å². The maximum Gasteiger partial charge on any atom is 0.271 e. The van der Waals surface area contributed by atoms with Crippen molar-refractivity contribution in [2.24, 2.45) is 4.99 Å². The van der Waals surface area contributed by atoms with Gasteiger partial charge in [-0.25, -0.2) is 4.99 Å². The number of ether oxygens (including phenoxy) is 2. The molecule has 0 aliphatic carbocycles. The fourth-order valence-electron chi connectivity index (χ4n) is 5.21. The zero-order valence-corrected chi connectivity index (χ0v) is 25.7. The molecule has 0 saturated carbocycles. The van der Waals surface area contributed by atoms with Crippen LogP contribution in [0.4, 0.5) is 5.69 Å². The SMILES string of the molecule is CCN(CC)C(=O)C1=C(C)N=c2s/c(=C/c3ccccc3OCc3ccc([N+](=O)[O-])cc3)c(=O)n2[C@H]1c1ccccc1OC. The number of likely N-dealkylation sites (N-methyl/N-ethyl adjacent to an activating group) is 1. The smallest absolute Gasteiger partial charge is 0.271 e. The fourth-order valence-corrected chi connectivity index (χ4v) is 6.25. The predicted octanol–water partition coefficient (Wildman–Crippen LogP) is 4.60. The summed E-state index contributed by atoms with van der Waals surface area (Å²) in [6.45, 7) is 6.88. The molecule has 0 saturated heterocycles. The van der Waals surface area contributed by atoms with Gasteiger partial charge in [-0.05, 0) is 56.7 Å². The van der Waals surface area contributed by atoms with Gasteiger partial charge in [-0.1, -0.05) is 47.7 Å². The van der Waals surface area contributed by atoms with E-state index in [1.165, 1.54) is 23.5 Å². The number of benzene rings is 3. The molecule has 226 valence electrons. The summed E-state index contributed by atoms with van der Waals surface area (Å²) in [7, 11) is 1.57. The summed E-state index contributed by atoms with van der Waals surface area (Å²) in [5.74, 6) is 0.939. The average molecular weight is 613 g/mol. The lowest BCUT2D eigenvalue weighted by Gasteiger charge is -2.29. The topological polar surface area (TPSA) is 116 Å². The average Bonchev–Trinajstić information content (AvgIpc) is 3.34. The first-order chi connectivity index (χ1) is 21.3. The van der Waals surface area contributed by atoms with Crippen LogP contribution in [0.2, 0.25) is 0 Å². The molecule has 0 N–H and O–H groups in total. The van der Waals surface area contributed by atoms with Gasteiger partial charge in [0.15, 0.2) is 4.80 Å². The van der Waals surface area contributed by atoms with Crippen LogP contribution in [0.1, 0.15) is 43.5 Å². The first kappa shape index (κ1) is 30.4. The Kier molecular flexibility index (Phi) is 9.05. The van der Waals surface area contributed by atoms with Crippen LogP contribution in [0, 0.1) is 10.1 Å². The minimum absolute atomic E-state index is 0.00754. The third-order valence-electron chi connectivity index (χ3n) is 7.48. The Hall–Kier alpha value is -5.03. The highest BCUT2D eigenvalue weighted by Gasteiger charge is 2.35. The van der Waals surface area contributed by atoms with Crippen molar-refractivity contribution < 1.29 is 19.2 Å². The summed E-state index contributed by atoms with van der Waals surface area (Å²) in [6, 6.07) is 20.2. The zero-order valence-electron chi connectivity index (χ0n) is 24.9. The summed E-state index contributed by atoms with van der Waals surface area (Å²) < 4.78 is 13.8. The number of rotatable bonds is 10. The molecule has 1 aliphatic heterocycles. The van der Waals surface area contributed by atoms with Crippen LogP contribution >= 0.6 is 11.3 Å². The molecule has 0 spiro atoms. The number of thiazole rings is 1. The van der Waals surface area contributed by atoms with E-state index >= 15 is 0 Å². The number of allylic oxidation sites excluding steroid dienone is 1. The number of carbonyl (C=O) groups is 1. The van der Waals surface area contributed by atoms with Gasteiger partial charge in [-0.3, -0.25) is 24.3 Å². The Bertz CT molecular complexity index is 1920. The first-order valence-electron chi connectivity index (χ1n) is 14.2. The molecule has 1 aromatic heterocycles. The Morgan fingerprint density at radius 3 is 2.36 bits per heavy atom. The number of para-hydroxylation sites is 2. The van der Waals surface area contributed by atoms with Gasteiger partial charge < -0.3 is 14.4 Å². The van der Waals surface area contributed by atoms with Crippen molar-refractivity contribution in [2.75, 3.05) is 20.2 Å². The number of aromatic nitrogens is 1. The van der Waals surface area contributed by atoms with Crippen molar-refractivity contribution in [1.29, 1.82) is 0 Å². The minimum atomic E-state index is -0.730. The van der Waals surface area contributed by atoms with E-state index in [0.29, 0.717) is 56.3 Å². The van der Waals surface area contributed by atoms with E-state index in [-0.39, 0.29) is 23.8 Å². The maximum absolute atomic E-state index is 14.2. The van der Waals surface area contributed by atoms with Crippen LogP contribution in [-0.2, 0) is 11.4 Å². The summed E-state index contributed by atoms with van der Waals surface area (Å²) >= 11 is 1.24. The number of methoxy groups -OCH3 is 1. The molecule has 0 unspecified atom stereocenters. The molecular formula is C33H32N4O6S. The molecule has 0 radical (unpaired) electrons. The number of fused-ring (bicyclic) bond motifs is 1. The van der Waals surface area contributed by atoms with Gasteiger partial charge in [-0.2, -0.15) is 0 Å². The normalized spacial score (nSPS) is 14.5. The van der Waals surface area contributed by atoms with Crippen LogP contribution in [0.25, 0.3) is 6.08 Å². The van der Waals surface area contributed by atoms with Crippen molar-refractivity contribution in [3.05, 3.63) is 131 Å². The lowest BCUT2D eigenvalue weighted by Crippen LogP contribution is -2.43. The van der Waals surface area contributed by atoms with Crippen LogP contribution in [0.3, 0.4) is 0 Å². The second-order valence-corrected chi connectivity index (χ2v) is 11.1. The second kappa shape index (κ2) is 13.1. The molecule has 5 rings (SSSR count). The summed E-state index contributed by atoms with van der Waals surface area (Å²) in [5.41, 5.74) is 2.85. The third-order valence-corrected chi connectivity index (χ3v) is 8.47. The quantitative estimate of drug-likeness (QED) is 0.191. The van der Waals surface area contributed by atoms with Crippen molar-refractivity contribution in [1.82, 2.24) is 9.47 Å². The lowest BCUT2D eigenvalue weighted by atomic mass is 9.94. The highest BCUT2D eigenvalue weighted by Crippen LogP contribution is 2.36. The third kappa shape index (κ3) is 5.91. The molecule has 3 aromatic carbocycles. The van der Waals surface area contributed by atoms with E-state index < -0.39 is 11.0 Å². The highest BCUT2D eigenvalue weighted by molar-refractivity contribution is 7.07. The van der Waals surface area contributed by atoms with E-state index in [1.807, 2.05) is 56.3 Å². The van der Waals surface area contributed by atoms with Crippen LogP contribution in [0.15, 0.2) is 93.9 Å².